The summed E-state index contributed by atoms with van der Waals surface area (Å²) >= 11 is 0. The van der Waals surface area contributed by atoms with Gasteiger partial charge in [0.05, 0.1) is 0 Å². The summed E-state index contributed by atoms with van der Waals surface area (Å²) in [6.45, 7) is 11.9. The van der Waals surface area contributed by atoms with Crippen LogP contribution in [0.15, 0.2) is 6.07 Å². The van der Waals surface area contributed by atoms with Crippen LogP contribution in [0.1, 0.15) is 96.4 Å². The molecule has 4 aliphatic rings. The lowest BCUT2D eigenvalue weighted by Gasteiger charge is -2.61. The molecule has 1 aromatic rings. The van der Waals surface area contributed by atoms with Crippen molar-refractivity contribution >= 4 is 23.9 Å². The molecule has 4 unspecified atom stereocenters. The van der Waals surface area contributed by atoms with E-state index in [9.17, 15) is 19.2 Å². The summed E-state index contributed by atoms with van der Waals surface area (Å²) in [7, 11) is 0. The van der Waals surface area contributed by atoms with E-state index in [1.165, 1.54) is 20.8 Å². The standard InChI is InChI=1S/C26H32O8/c1-12(2)16-11-17-18(21(32-14(4)28)19(16)31-13(3)27)26-10-8-9-25(6,7)23(26)22(33-15(5)29)20(17)34-24(26)30/h11-12,20,22-23H,8-10H2,1-7H3. The van der Waals surface area contributed by atoms with Gasteiger partial charge < -0.3 is 18.9 Å². The SMILES string of the molecule is CC(=O)Oc1c(C(C)C)cc2c(c1OC(C)=O)C13CCCC(C)(C)C1C(OC(C)=O)C2OC3=O. The summed E-state index contributed by atoms with van der Waals surface area (Å²) in [5, 5.41) is 0. The second-order valence-electron chi connectivity index (χ2n) is 10.6. The first-order valence-electron chi connectivity index (χ1n) is 11.8. The molecule has 8 nitrogen and oxygen atoms in total. The number of carbonyl (C=O) groups is 4. The molecule has 1 aromatic carbocycles. The van der Waals surface area contributed by atoms with Crippen LogP contribution in [-0.4, -0.2) is 30.0 Å². The number of hydrogen-bond acceptors (Lipinski definition) is 8. The molecule has 4 atom stereocenters. The first-order valence-corrected chi connectivity index (χ1v) is 11.8. The number of rotatable bonds is 4. The lowest BCUT2D eigenvalue weighted by Crippen LogP contribution is -2.66. The van der Waals surface area contributed by atoms with E-state index in [1.54, 1.807) is 0 Å². The van der Waals surface area contributed by atoms with Crippen LogP contribution in [0, 0.1) is 11.3 Å². The van der Waals surface area contributed by atoms with E-state index in [2.05, 4.69) is 13.8 Å². The molecule has 0 N–H and O–H groups in total. The summed E-state index contributed by atoms with van der Waals surface area (Å²) in [5.41, 5.74) is 0.209. The van der Waals surface area contributed by atoms with E-state index >= 15 is 0 Å². The molecule has 34 heavy (non-hydrogen) atoms. The third-order valence-electron chi connectivity index (χ3n) is 7.45. The van der Waals surface area contributed by atoms with Crippen LogP contribution in [0.4, 0.5) is 0 Å². The van der Waals surface area contributed by atoms with E-state index in [1.807, 2.05) is 19.9 Å². The molecule has 2 bridgehead atoms. The van der Waals surface area contributed by atoms with Crippen LogP contribution in [0.2, 0.25) is 0 Å². The van der Waals surface area contributed by atoms with Gasteiger partial charge in [0.1, 0.15) is 11.5 Å². The van der Waals surface area contributed by atoms with Crippen molar-refractivity contribution in [3.63, 3.8) is 0 Å². The van der Waals surface area contributed by atoms with Crippen molar-refractivity contribution in [2.45, 2.75) is 91.3 Å². The van der Waals surface area contributed by atoms with Gasteiger partial charge >= 0.3 is 23.9 Å². The normalized spacial score (nSPS) is 28.5. The van der Waals surface area contributed by atoms with Gasteiger partial charge in [0.15, 0.2) is 17.6 Å². The number of ether oxygens (including phenoxy) is 4. The third-order valence-corrected chi connectivity index (χ3v) is 7.45. The molecule has 0 radical (unpaired) electrons. The lowest BCUT2D eigenvalue weighted by atomic mass is 9.46. The molecule has 0 aromatic heterocycles. The minimum absolute atomic E-state index is 0.0922. The zero-order chi connectivity index (χ0) is 25.2. The zero-order valence-corrected chi connectivity index (χ0v) is 20.8. The molecule has 1 spiro atoms. The van der Waals surface area contributed by atoms with E-state index in [0.29, 0.717) is 23.1 Å². The minimum Gasteiger partial charge on any atom is -0.458 e. The van der Waals surface area contributed by atoms with Gasteiger partial charge in [0.25, 0.3) is 0 Å². The molecular formula is C26H32O8. The summed E-state index contributed by atoms with van der Waals surface area (Å²) in [4.78, 5) is 50.1. The Kier molecular flexibility index (Phi) is 5.77. The van der Waals surface area contributed by atoms with E-state index in [-0.39, 0.29) is 22.8 Å². The Labute approximate surface area is 199 Å². The Balaban J connectivity index is 2.12. The summed E-state index contributed by atoms with van der Waals surface area (Å²) < 4.78 is 23.1. The van der Waals surface area contributed by atoms with Crippen LogP contribution < -0.4 is 9.47 Å². The highest BCUT2D eigenvalue weighted by Gasteiger charge is 2.70. The van der Waals surface area contributed by atoms with Crippen molar-refractivity contribution in [2.24, 2.45) is 11.3 Å². The Bertz CT molecular complexity index is 1080. The van der Waals surface area contributed by atoms with Gasteiger partial charge in [-0.2, -0.15) is 0 Å². The van der Waals surface area contributed by atoms with Crippen molar-refractivity contribution < 1.29 is 38.1 Å². The number of carbonyl (C=O) groups excluding carboxylic acids is 4. The number of hydrogen-bond donors (Lipinski definition) is 0. The number of benzene rings is 1. The molecule has 0 amide bonds. The van der Waals surface area contributed by atoms with E-state index in [4.69, 9.17) is 18.9 Å². The van der Waals surface area contributed by atoms with Gasteiger partial charge in [-0.15, -0.1) is 0 Å². The largest absolute Gasteiger partial charge is 0.458 e. The van der Waals surface area contributed by atoms with Gasteiger partial charge in [0.2, 0.25) is 0 Å². The fraction of sp³-hybridized carbons (Fsp3) is 0.615. The van der Waals surface area contributed by atoms with Crippen molar-refractivity contribution in [1.29, 1.82) is 0 Å². The lowest BCUT2D eigenvalue weighted by molar-refractivity contribution is -0.222. The summed E-state index contributed by atoms with van der Waals surface area (Å²) in [5.74, 6) is -2.29. The Morgan fingerprint density at radius 3 is 2.18 bits per heavy atom. The molecule has 5 rings (SSSR count). The Morgan fingerprint density at radius 1 is 1.00 bits per heavy atom. The fourth-order valence-corrected chi connectivity index (χ4v) is 6.45. The number of esters is 4. The highest BCUT2D eigenvalue weighted by molar-refractivity contribution is 5.91. The molecule has 1 saturated heterocycles. The maximum absolute atomic E-state index is 13.7. The maximum Gasteiger partial charge on any atom is 0.317 e. The second kappa shape index (κ2) is 8.10. The quantitative estimate of drug-likeness (QED) is 0.473. The molecule has 2 aliphatic carbocycles. The smallest absolute Gasteiger partial charge is 0.317 e. The Morgan fingerprint density at radius 2 is 1.62 bits per heavy atom. The van der Waals surface area contributed by atoms with Crippen molar-refractivity contribution in [2.75, 3.05) is 0 Å². The minimum atomic E-state index is -1.21. The number of fused-ring (bicyclic) bond motifs is 1. The predicted molar refractivity (Wildman–Crippen MR) is 120 cm³/mol. The van der Waals surface area contributed by atoms with Crippen LogP contribution >= 0.6 is 0 Å². The molecule has 184 valence electrons. The van der Waals surface area contributed by atoms with Crippen LogP contribution in [0.25, 0.3) is 0 Å². The predicted octanol–water partition coefficient (Wildman–Crippen LogP) is 4.27. The average Bonchev–Trinajstić information content (AvgIpc) is 2.68. The van der Waals surface area contributed by atoms with Gasteiger partial charge in [-0.05, 0) is 30.2 Å². The molecule has 8 heteroatoms. The van der Waals surface area contributed by atoms with Crippen LogP contribution in [-0.2, 0) is 34.1 Å². The summed E-state index contributed by atoms with van der Waals surface area (Å²) in [6, 6.07) is 1.85. The van der Waals surface area contributed by atoms with Gasteiger partial charge in [-0.3, -0.25) is 19.2 Å². The van der Waals surface area contributed by atoms with Crippen LogP contribution in [0.3, 0.4) is 0 Å². The van der Waals surface area contributed by atoms with Crippen LogP contribution in [0.5, 0.6) is 11.5 Å². The average molecular weight is 473 g/mol. The second-order valence-corrected chi connectivity index (χ2v) is 10.6. The highest BCUT2D eigenvalue weighted by atomic mass is 16.6. The van der Waals surface area contributed by atoms with Crippen molar-refractivity contribution in [3.8, 4) is 11.5 Å². The third kappa shape index (κ3) is 3.49. The molecule has 2 fully saturated rings. The molecule has 2 heterocycles. The van der Waals surface area contributed by atoms with E-state index in [0.717, 1.165) is 12.8 Å². The summed E-state index contributed by atoms with van der Waals surface area (Å²) in [6.07, 6.45) is 0.461. The van der Waals surface area contributed by atoms with E-state index < -0.39 is 47.4 Å². The maximum atomic E-state index is 13.7. The molecular weight excluding hydrogens is 440 g/mol. The molecule has 2 aliphatic heterocycles. The Hall–Kier alpha value is -2.90. The highest BCUT2D eigenvalue weighted by Crippen LogP contribution is 2.67. The zero-order valence-electron chi connectivity index (χ0n) is 20.8. The topological polar surface area (TPSA) is 105 Å². The first-order chi connectivity index (χ1) is 15.8. The monoisotopic (exact) mass is 472 g/mol. The molecule has 1 saturated carbocycles. The first kappa shape index (κ1) is 24.2. The van der Waals surface area contributed by atoms with Crippen molar-refractivity contribution in [3.05, 3.63) is 22.8 Å². The van der Waals surface area contributed by atoms with Gasteiger partial charge in [0, 0.05) is 43.4 Å². The van der Waals surface area contributed by atoms with Gasteiger partial charge in [-0.25, -0.2) is 0 Å². The fourth-order valence-electron chi connectivity index (χ4n) is 6.45. The van der Waals surface area contributed by atoms with Crippen molar-refractivity contribution in [1.82, 2.24) is 0 Å². The van der Waals surface area contributed by atoms with Gasteiger partial charge in [-0.1, -0.05) is 34.1 Å².